The molecule has 1 N–H and O–H groups in total. The second-order valence-corrected chi connectivity index (χ2v) is 4.60. The molecule has 2 aromatic rings. The minimum absolute atomic E-state index is 0.0622. The van der Waals surface area contributed by atoms with E-state index in [1.807, 2.05) is 30.4 Å². The quantitative estimate of drug-likeness (QED) is 0.821. The van der Waals surface area contributed by atoms with Crippen LogP contribution in [0.2, 0.25) is 0 Å². The van der Waals surface area contributed by atoms with Crippen LogP contribution in [0.1, 0.15) is 5.56 Å². The number of likely N-dealkylation sites (N-methyl/N-ethyl adjacent to an activating group) is 1. The van der Waals surface area contributed by atoms with Crippen molar-refractivity contribution in [3.8, 4) is 0 Å². The van der Waals surface area contributed by atoms with E-state index in [1.54, 1.807) is 11.9 Å². The molecule has 2 heterocycles. The van der Waals surface area contributed by atoms with Crippen LogP contribution in [-0.2, 0) is 11.3 Å². The number of hydrogen-bond acceptors (Lipinski definition) is 5. The van der Waals surface area contributed by atoms with Crippen molar-refractivity contribution in [2.24, 2.45) is 0 Å². The van der Waals surface area contributed by atoms with E-state index in [9.17, 15) is 4.79 Å². The molecule has 1 aromatic carbocycles. The minimum atomic E-state index is -0.206. The van der Waals surface area contributed by atoms with E-state index in [2.05, 4.69) is 20.3 Å². The van der Waals surface area contributed by atoms with E-state index in [0.717, 1.165) is 17.6 Å². The fourth-order valence-electron chi connectivity index (χ4n) is 2.15. The van der Waals surface area contributed by atoms with Gasteiger partial charge in [-0.2, -0.15) is 0 Å². The van der Waals surface area contributed by atoms with Crippen molar-refractivity contribution < 1.29 is 9.42 Å². The lowest BCUT2D eigenvalue weighted by molar-refractivity contribution is -0.131. The first kappa shape index (κ1) is 11.9. The topological polar surface area (TPSA) is 71.3 Å². The molecular weight excluding hydrogens is 244 g/mol. The molecule has 98 valence electrons. The SMILES string of the molecule is CN(Cc1ccc2nonc2c1)C(=O)[C@H]1C=CCN1. The van der Waals surface area contributed by atoms with Gasteiger partial charge < -0.3 is 4.90 Å². The highest BCUT2D eigenvalue weighted by atomic mass is 16.6. The predicted molar refractivity (Wildman–Crippen MR) is 69.2 cm³/mol. The molecule has 1 aliphatic heterocycles. The summed E-state index contributed by atoms with van der Waals surface area (Å²) in [5.74, 6) is 0.0622. The van der Waals surface area contributed by atoms with Crippen molar-refractivity contribution in [1.29, 1.82) is 0 Å². The Morgan fingerprint density at radius 2 is 2.32 bits per heavy atom. The summed E-state index contributed by atoms with van der Waals surface area (Å²) in [6.07, 6.45) is 3.85. The molecule has 1 amide bonds. The maximum absolute atomic E-state index is 12.1. The standard InChI is InChI=1S/C13H14N4O2/c1-17(13(18)11-3-2-6-14-11)8-9-4-5-10-12(7-9)16-19-15-10/h2-5,7,11,14H,6,8H2,1H3/t11-/m1/s1. The summed E-state index contributed by atoms with van der Waals surface area (Å²) in [5.41, 5.74) is 2.43. The predicted octanol–water partition coefficient (Wildman–Crippen LogP) is 0.709. The van der Waals surface area contributed by atoms with Crippen molar-refractivity contribution in [2.45, 2.75) is 12.6 Å². The Kier molecular flexibility index (Phi) is 3.00. The number of carbonyl (C=O) groups is 1. The Hall–Kier alpha value is -2.21. The van der Waals surface area contributed by atoms with Gasteiger partial charge in [0.05, 0.1) is 0 Å². The zero-order valence-corrected chi connectivity index (χ0v) is 10.5. The van der Waals surface area contributed by atoms with E-state index in [-0.39, 0.29) is 11.9 Å². The third kappa shape index (κ3) is 2.34. The van der Waals surface area contributed by atoms with Gasteiger partial charge in [-0.1, -0.05) is 18.2 Å². The zero-order chi connectivity index (χ0) is 13.2. The van der Waals surface area contributed by atoms with Gasteiger partial charge in [-0.05, 0) is 28.0 Å². The number of amides is 1. The van der Waals surface area contributed by atoms with Gasteiger partial charge in [-0.15, -0.1) is 0 Å². The summed E-state index contributed by atoms with van der Waals surface area (Å²) in [4.78, 5) is 13.8. The van der Waals surface area contributed by atoms with Gasteiger partial charge in [-0.3, -0.25) is 10.1 Å². The molecule has 3 rings (SSSR count). The van der Waals surface area contributed by atoms with Crippen molar-refractivity contribution >= 4 is 16.9 Å². The zero-order valence-electron chi connectivity index (χ0n) is 10.5. The van der Waals surface area contributed by atoms with Crippen LogP contribution in [0.5, 0.6) is 0 Å². The lowest BCUT2D eigenvalue weighted by Crippen LogP contribution is -2.41. The highest BCUT2D eigenvalue weighted by molar-refractivity contribution is 5.84. The van der Waals surface area contributed by atoms with E-state index < -0.39 is 0 Å². The smallest absolute Gasteiger partial charge is 0.243 e. The van der Waals surface area contributed by atoms with Crippen LogP contribution < -0.4 is 5.32 Å². The number of benzene rings is 1. The van der Waals surface area contributed by atoms with E-state index in [1.165, 1.54) is 0 Å². The van der Waals surface area contributed by atoms with Crippen LogP contribution in [0.15, 0.2) is 35.0 Å². The number of nitrogens with one attached hydrogen (secondary N) is 1. The molecule has 1 aromatic heterocycles. The molecule has 0 saturated heterocycles. The first-order valence-corrected chi connectivity index (χ1v) is 6.10. The molecular formula is C13H14N4O2. The molecule has 0 unspecified atom stereocenters. The normalized spacial score (nSPS) is 18.1. The van der Waals surface area contributed by atoms with Gasteiger partial charge in [0.15, 0.2) is 0 Å². The van der Waals surface area contributed by atoms with Gasteiger partial charge >= 0.3 is 0 Å². The van der Waals surface area contributed by atoms with Gasteiger partial charge in [0.1, 0.15) is 17.1 Å². The fourth-order valence-corrected chi connectivity index (χ4v) is 2.15. The fraction of sp³-hybridized carbons (Fsp3) is 0.308. The number of fused-ring (bicyclic) bond motifs is 1. The van der Waals surface area contributed by atoms with E-state index in [0.29, 0.717) is 12.1 Å². The minimum Gasteiger partial charge on any atom is -0.340 e. The third-order valence-corrected chi connectivity index (χ3v) is 3.16. The molecule has 0 bridgehead atoms. The Bertz CT molecular complexity index is 634. The lowest BCUT2D eigenvalue weighted by Gasteiger charge is -2.20. The van der Waals surface area contributed by atoms with E-state index >= 15 is 0 Å². The summed E-state index contributed by atoms with van der Waals surface area (Å²) >= 11 is 0. The van der Waals surface area contributed by atoms with Crippen LogP contribution in [-0.4, -0.2) is 40.8 Å². The van der Waals surface area contributed by atoms with Crippen molar-refractivity contribution in [3.63, 3.8) is 0 Å². The summed E-state index contributed by atoms with van der Waals surface area (Å²) < 4.78 is 4.65. The van der Waals surface area contributed by atoms with Crippen LogP contribution in [0, 0.1) is 0 Å². The van der Waals surface area contributed by atoms with Crippen molar-refractivity contribution in [1.82, 2.24) is 20.5 Å². The maximum Gasteiger partial charge on any atom is 0.243 e. The maximum atomic E-state index is 12.1. The van der Waals surface area contributed by atoms with Crippen LogP contribution in [0.25, 0.3) is 11.0 Å². The van der Waals surface area contributed by atoms with Crippen molar-refractivity contribution in [2.75, 3.05) is 13.6 Å². The number of aromatic nitrogens is 2. The highest BCUT2D eigenvalue weighted by Gasteiger charge is 2.21. The highest BCUT2D eigenvalue weighted by Crippen LogP contribution is 2.13. The Morgan fingerprint density at radius 3 is 3.11 bits per heavy atom. The van der Waals surface area contributed by atoms with E-state index in [4.69, 9.17) is 0 Å². The first-order valence-electron chi connectivity index (χ1n) is 6.10. The number of carbonyl (C=O) groups excluding carboxylic acids is 1. The average molecular weight is 258 g/mol. The van der Waals surface area contributed by atoms with Crippen LogP contribution in [0.3, 0.4) is 0 Å². The molecule has 19 heavy (non-hydrogen) atoms. The molecule has 0 aliphatic carbocycles. The van der Waals surface area contributed by atoms with Gasteiger partial charge in [0.2, 0.25) is 5.91 Å². The van der Waals surface area contributed by atoms with Gasteiger partial charge in [0, 0.05) is 20.1 Å². The summed E-state index contributed by atoms with van der Waals surface area (Å²) in [7, 11) is 1.79. The Morgan fingerprint density at radius 1 is 1.47 bits per heavy atom. The molecule has 0 spiro atoms. The Labute approximate surface area is 110 Å². The number of nitrogens with zero attached hydrogens (tertiary/aromatic N) is 3. The second kappa shape index (κ2) is 4.81. The Balaban J connectivity index is 1.72. The number of hydrogen-bond donors (Lipinski definition) is 1. The average Bonchev–Trinajstić information content (AvgIpc) is 3.08. The third-order valence-electron chi connectivity index (χ3n) is 3.16. The van der Waals surface area contributed by atoms with Crippen LogP contribution >= 0.6 is 0 Å². The summed E-state index contributed by atoms with van der Waals surface area (Å²) in [5, 5.41) is 10.7. The molecule has 0 fully saturated rings. The second-order valence-electron chi connectivity index (χ2n) is 4.60. The van der Waals surface area contributed by atoms with Gasteiger partial charge in [-0.25, -0.2) is 4.63 Å². The molecule has 0 radical (unpaired) electrons. The van der Waals surface area contributed by atoms with Gasteiger partial charge in [0.25, 0.3) is 0 Å². The monoisotopic (exact) mass is 258 g/mol. The largest absolute Gasteiger partial charge is 0.340 e. The summed E-state index contributed by atoms with van der Waals surface area (Å²) in [6, 6.07) is 5.44. The molecule has 6 nitrogen and oxygen atoms in total. The molecule has 1 aliphatic rings. The molecule has 0 saturated carbocycles. The molecule has 1 atom stereocenters. The first-order chi connectivity index (χ1) is 9.24. The number of rotatable bonds is 3. The lowest BCUT2D eigenvalue weighted by atomic mass is 10.1. The summed E-state index contributed by atoms with van der Waals surface area (Å²) in [6.45, 7) is 1.29. The molecule has 6 heteroatoms. The van der Waals surface area contributed by atoms with Crippen LogP contribution in [0.4, 0.5) is 0 Å². The van der Waals surface area contributed by atoms with Crippen molar-refractivity contribution in [3.05, 3.63) is 35.9 Å².